The third kappa shape index (κ3) is 0.992. The van der Waals surface area contributed by atoms with E-state index in [0.717, 1.165) is 5.56 Å². The zero-order valence-electron chi connectivity index (χ0n) is 8.66. The smallest absolute Gasteiger partial charge is 0.0384 e. The second-order valence-electron chi connectivity index (χ2n) is 3.39. The topological polar surface area (TPSA) is 0 Å². The molecule has 0 nitrogen and oxygen atoms in total. The lowest BCUT2D eigenvalue weighted by Gasteiger charge is -1.93. The fourth-order valence-corrected chi connectivity index (χ4v) is 2.95. The predicted molar refractivity (Wildman–Crippen MR) is 64.1 cm³/mol. The van der Waals surface area contributed by atoms with Gasteiger partial charge in [0.15, 0.2) is 0 Å². The van der Waals surface area contributed by atoms with E-state index in [9.17, 15) is 0 Å². The number of hydrogen-bond acceptors (Lipinski definition) is 1. The van der Waals surface area contributed by atoms with E-state index in [1.54, 1.807) is 11.3 Å². The third-order valence-corrected chi connectivity index (χ3v) is 3.75. The largest absolute Gasteiger partial charge is 0.135 e. The fraction of sp³-hybridized carbons (Fsp3) is 0.0769. The van der Waals surface area contributed by atoms with Crippen LogP contribution in [0.2, 0.25) is 0 Å². The van der Waals surface area contributed by atoms with Gasteiger partial charge in [-0.2, -0.15) is 0 Å². The maximum Gasteiger partial charge on any atom is 0.0384 e. The van der Waals surface area contributed by atoms with Gasteiger partial charge in [0.1, 0.15) is 0 Å². The molecule has 3 aromatic rings. The fourth-order valence-electron chi connectivity index (χ4n) is 1.81. The number of benzene rings is 2. The molecule has 0 aliphatic rings. The zero-order valence-corrected chi connectivity index (χ0v) is 8.47. The maximum atomic E-state index is 7.51. The van der Waals surface area contributed by atoms with Gasteiger partial charge in [0.25, 0.3) is 0 Å². The Hall–Kier alpha value is -1.34. The molecule has 0 radical (unpaired) electrons. The first kappa shape index (κ1) is 7.02. The Balaban J connectivity index is 2.53. The molecule has 0 spiro atoms. The number of thiophene rings is 1. The van der Waals surface area contributed by atoms with Crippen LogP contribution in [0.25, 0.3) is 20.2 Å². The van der Waals surface area contributed by atoms with Crippen molar-refractivity contribution in [2.24, 2.45) is 0 Å². The summed E-state index contributed by atoms with van der Waals surface area (Å²) < 4.78 is 10.1. The van der Waals surface area contributed by atoms with Gasteiger partial charge in [-0.1, -0.05) is 36.4 Å². The standard InChI is InChI=1S/C13H10S/c1-9-5-4-7-11-10-6-2-3-8-12(10)14-13(9)11/h2-8H,1H3/i1D. The lowest BCUT2D eigenvalue weighted by molar-refractivity contribution is 1.56. The van der Waals surface area contributed by atoms with E-state index in [0.29, 0.717) is 6.90 Å². The Kier molecular flexibility index (Phi) is 1.42. The van der Waals surface area contributed by atoms with Gasteiger partial charge < -0.3 is 0 Å². The van der Waals surface area contributed by atoms with E-state index in [-0.39, 0.29) is 0 Å². The average Bonchev–Trinajstić information content (AvgIpc) is 2.67. The van der Waals surface area contributed by atoms with Crippen LogP contribution in [0.1, 0.15) is 6.93 Å². The highest BCUT2D eigenvalue weighted by atomic mass is 32.1. The number of hydrogen-bond donors (Lipinski definition) is 0. The minimum absolute atomic E-state index is 0.365. The van der Waals surface area contributed by atoms with Crippen LogP contribution >= 0.6 is 11.3 Å². The molecule has 3 rings (SSSR count). The lowest BCUT2D eigenvalue weighted by atomic mass is 10.1. The number of fused-ring (bicyclic) bond motifs is 3. The number of aryl methyl sites for hydroxylation is 1. The van der Waals surface area contributed by atoms with E-state index < -0.39 is 0 Å². The Bertz CT molecular complexity index is 625. The van der Waals surface area contributed by atoms with Crippen molar-refractivity contribution in [2.45, 2.75) is 6.90 Å². The lowest BCUT2D eigenvalue weighted by Crippen LogP contribution is -1.69. The zero-order chi connectivity index (χ0) is 10.3. The summed E-state index contributed by atoms with van der Waals surface area (Å²) in [6.07, 6.45) is 0. The van der Waals surface area contributed by atoms with E-state index in [2.05, 4.69) is 30.3 Å². The van der Waals surface area contributed by atoms with Crippen LogP contribution in [0.4, 0.5) is 0 Å². The summed E-state index contributed by atoms with van der Waals surface area (Å²) in [5.41, 5.74) is 1.13. The van der Waals surface area contributed by atoms with Crippen LogP contribution < -0.4 is 0 Å². The summed E-state index contributed by atoms with van der Waals surface area (Å²) in [7, 11) is 0. The van der Waals surface area contributed by atoms with Gasteiger partial charge >= 0.3 is 0 Å². The predicted octanol–water partition coefficient (Wildman–Crippen LogP) is 4.36. The molecule has 2 aromatic carbocycles. The van der Waals surface area contributed by atoms with Crippen molar-refractivity contribution in [3.63, 3.8) is 0 Å². The van der Waals surface area contributed by atoms with Crippen molar-refractivity contribution in [1.82, 2.24) is 0 Å². The molecule has 0 saturated carbocycles. The molecule has 1 heteroatoms. The summed E-state index contributed by atoms with van der Waals surface area (Å²) in [6, 6.07) is 14.7. The Morgan fingerprint density at radius 3 is 2.79 bits per heavy atom. The van der Waals surface area contributed by atoms with Crippen LogP contribution in [0, 0.1) is 6.90 Å². The van der Waals surface area contributed by atoms with Crippen molar-refractivity contribution in [1.29, 1.82) is 0 Å². The molecule has 1 heterocycles. The van der Waals surface area contributed by atoms with Gasteiger partial charge in [-0.15, -0.1) is 11.3 Å². The maximum absolute atomic E-state index is 7.51. The van der Waals surface area contributed by atoms with Gasteiger partial charge in [0.05, 0.1) is 0 Å². The van der Waals surface area contributed by atoms with Gasteiger partial charge in [-0.25, -0.2) is 0 Å². The molecule has 0 amide bonds. The van der Waals surface area contributed by atoms with Gasteiger partial charge in [0.2, 0.25) is 0 Å². The molecule has 1 aromatic heterocycles. The normalized spacial score (nSPS) is 12.1. The SMILES string of the molecule is [2H]Cc1cccc2c1sc1ccccc12. The summed E-state index contributed by atoms with van der Waals surface area (Å²) >= 11 is 1.79. The molecule has 68 valence electrons. The molecule has 0 fully saturated rings. The van der Waals surface area contributed by atoms with E-state index in [1.165, 1.54) is 20.2 Å². The molecular weight excluding hydrogens is 188 g/mol. The van der Waals surface area contributed by atoms with Gasteiger partial charge in [0, 0.05) is 21.5 Å². The monoisotopic (exact) mass is 199 g/mol. The third-order valence-electron chi connectivity index (χ3n) is 2.49. The second kappa shape index (κ2) is 2.82. The minimum Gasteiger partial charge on any atom is -0.135 e. The van der Waals surface area contributed by atoms with Crippen molar-refractivity contribution >= 4 is 31.5 Å². The molecule has 0 unspecified atom stereocenters. The first-order chi connectivity index (χ1) is 7.40. The molecule has 0 bridgehead atoms. The molecular formula is C13H10S. The summed E-state index contributed by atoms with van der Waals surface area (Å²) in [5, 5.41) is 2.60. The van der Waals surface area contributed by atoms with Gasteiger partial charge in [-0.3, -0.25) is 0 Å². The van der Waals surface area contributed by atoms with E-state index >= 15 is 0 Å². The van der Waals surface area contributed by atoms with E-state index in [4.69, 9.17) is 1.37 Å². The highest BCUT2D eigenvalue weighted by molar-refractivity contribution is 7.26. The summed E-state index contributed by atoms with van der Waals surface area (Å²) in [5.74, 6) is 0. The number of rotatable bonds is 0. The Morgan fingerprint density at radius 2 is 1.86 bits per heavy atom. The molecule has 0 atom stereocenters. The second-order valence-corrected chi connectivity index (χ2v) is 4.44. The van der Waals surface area contributed by atoms with Crippen LogP contribution in [-0.4, -0.2) is 0 Å². The van der Waals surface area contributed by atoms with Crippen molar-refractivity contribution in [3.05, 3.63) is 48.0 Å². The molecule has 0 N–H and O–H groups in total. The first-order valence-corrected chi connectivity index (χ1v) is 5.40. The van der Waals surface area contributed by atoms with Crippen LogP contribution in [0.15, 0.2) is 42.5 Å². The van der Waals surface area contributed by atoms with Crippen LogP contribution in [-0.2, 0) is 0 Å². The van der Waals surface area contributed by atoms with Crippen molar-refractivity contribution in [2.75, 3.05) is 0 Å². The van der Waals surface area contributed by atoms with Crippen molar-refractivity contribution < 1.29 is 1.37 Å². The van der Waals surface area contributed by atoms with Crippen molar-refractivity contribution in [3.8, 4) is 0 Å². The quantitative estimate of drug-likeness (QED) is 0.504. The van der Waals surface area contributed by atoms with Crippen LogP contribution in [0.5, 0.6) is 0 Å². The molecule has 0 aliphatic heterocycles. The summed E-state index contributed by atoms with van der Waals surface area (Å²) in [6.45, 7) is 0.365. The molecule has 0 saturated heterocycles. The highest BCUT2D eigenvalue weighted by Gasteiger charge is 2.04. The summed E-state index contributed by atoms with van der Waals surface area (Å²) in [4.78, 5) is 0. The minimum atomic E-state index is 0.365. The van der Waals surface area contributed by atoms with Crippen LogP contribution in [0.3, 0.4) is 0 Å². The average molecular weight is 199 g/mol. The molecule has 0 aliphatic carbocycles. The highest BCUT2D eigenvalue weighted by Crippen LogP contribution is 2.35. The van der Waals surface area contributed by atoms with E-state index in [1.807, 2.05) is 12.1 Å². The Labute approximate surface area is 88.2 Å². The van der Waals surface area contributed by atoms with Gasteiger partial charge in [-0.05, 0) is 18.5 Å². The Morgan fingerprint density at radius 1 is 1.00 bits per heavy atom. The molecule has 14 heavy (non-hydrogen) atoms. The first-order valence-electron chi connectivity index (χ1n) is 5.29.